The van der Waals surface area contributed by atoms with Crippen molar-refractivity contribution in [3.05, 3.63) is 12.2 Å². The Morgan fingerprint density at radius 1 is 1.41 bits per heavy atom. The normalized spacial score (nSPS) is 28.8. The summed E-state index contributed by atoms with van der Waals surface area (Å²) in [6.45, 7) is 5.86. The lowest BCUT2D eigenvalue weighted by Crippen LogP contribution is -2.49. The van der Waals surface area contributed by atoms with E-state index in [1.54, 1.807) is 21.1 Å². The molecule has 0 aromatic heterocycles. The Hall–Kier alpha value is -0.910. The van der Waals surface area contributed by atoms with E-state index < -0.39 is 5.97 Å². The molecule has 5 nitrogen and oxygen atoms in total. The minimum Gasteiger partial charge on any atom is -0.459 e. The third kappa shape index (κ3) is 3.80. The Bertz CT molecular complexity index is 276. The SMILES string of the molecule is C=C(C)C(=O)OCC1OCCC(OC)[C@@H]1OC. The fourth-order valence-corrected chi connectivity index (χ4v) is 1.81. The Morgan fingerprint density at radius 2 is 2.12 bits per heavy atom. The van der Waals surface area contributed by atoms with Gasteiger partial charge in [0.15, 0.2) is 0 Å². The molecule has 98 valence electrons. The molecule has 1 rings (SSSR count). The first-order valence-corrected chi connectivity index (χ1v) is 5.60. The number of rotatable bonds is 5. The predicted molar refractivity (Wildman–Crippen MR) is 61.7 cm³/mol. The highest BCUT2D eigenvalue weighted by molar-refractivity contribution is 5.86. The molecule has 0 bridgehead atoms. The van der Waals surface area contributed by atoms with Gasteiger partial charge in [0.1, 0.15) is 18.8 Å². The van der Waals surface area contributed by atoms with E-state index >= 15 is 0 Å². The van der Waals surface area contributed by atoms with Gasteiger partial charge in [-0.1, -0.05) is 6.58 Å². The van der Waals surface area contributed by atoms with Crippen LogP contribution in [0.5, 0.6) is 0 Å². The van der Waals surface area contributed by atoms with Crippen molar-refractivity contribution in [3.8, 4) is 0 Å². The summed E-state index contributed by atoms with van der Waals surface area (Å²) in [5, 5.41) is 0. The Labute approximate surface area is 102 Å². The monoisotopic (exact) mass is 244 g/mol. The largest absolute Gasteiger partial charge is 0.459 e. The zero-order valence-electron chi connectivity index (χ0n) is 10.6. The van der Waals surface area contributed by atoms with Crippen LogP contribution in [0.4, 0.5) is 0 Å². The summed E-state index contributed by atoms with van der Waals surface area (Å²) in [7, 11) is 3.23. The number of hydrogen-bond donors (Lipinski definition) is 0. The topological polar surface area (TPSA) is 54.0 Å². The zero-order chi connectivity index (χ0) is 12.8. The van der Waals surface area contributed by atoms with Gasteiger partial charge in [0.25, 0.3) is 0 Å². The summed E-state index contributed by atoms with van der Waals surface area (Å²) < 4.78 is 21.3. The lowest BCUT2D eigenvalue weighted by molar-refractivity contribution is -0.178. The molecule has 0 spiro atoms. The minimum absolute atomic E-state index is 0.0257. The summed E-state index contributed by atoms with van der Waals surface area (Å²) in [5.41, 5.74) is 0.373. The van der Waals surface area contributed by atoms with E-state index in [0.717, 1.165) is 6.42 Å². The molecular formula is C12H20O5. The number of hydrogen-bond acceptors (Lipinski definition) is 5. The standard InChI is InChI=1S/C12H20O5/c1-8(2)12(13)17-7-10-11(15-4)9(14-3)5-6-16-10/h9-11H,1,5-7H2,2-4H3/t9?,10?,11-/m0/s1. The fourth-order valence-electron chi connectivity index (χ4n) is 1.81. The maximum absolute atomic E-state index is 11.3. The average molecular weight is 244 g/mol. The zero-order valence-corrected chi connectivity index (χ0v) is 10.6. The van der Waals surface area contributed by atoms with E-state index in [9.17, 15) is 4.79 Å². The molecule has 1 aliphatic heterocycles. The molecule has 2 unspecified atom stereocenters. The second-order valence-electron chi connectivity index (χ2n) is 4.05. The van der Waals surface area contributed by atoms with Gasteiger partial charge in [0, 0.05) is 26.4 Å². The highest BCUT2D eigenvalue weighted by atomic mass is 16.6. The molecule has 5 heteroatoms. The molecule has 0 aliphatic carbocycles. The number of methoxy groups -OCH3 is 2. The second-order valence-corrected chi connectivity index (χ2v) is 4.05. The van der Waals surface area contributed by atoms with Crippen molar-refractivity contribution in [1.29, 1.82) is 0 Å². The first-order chi connectivity index (χ1) is 8.10. The summed E-state index contributed by atoms with van der Waals surface area (Å²) in [6.07, 6.45) is 0.246. The van der Waals surface area contributed by atoms with Crippen LogP contribution in [0.15, 0.2) is 12.2 Å². The third-order valence-corrected chi connectivity index (χ3v) is 2.77. The van der Waals surface area contributed by atoms with Gasteiger partial charge in [-0.25, -0.2) is 4.79 Å². The smallest absolute Gasteiger partial charge is 0.333 e. The van der Waals surface area contributed by atoms with E-state index in [-0.39, 0.29) is 24.9 Å². The summed E-state index contributed by atoms with van der Waals surface area (Å²) in [5.74, 6) is -0.414. The molecule has 0 N–H and O–H groups in total. The van der Waals surface area contributed by atoms with Crippen LogP contribution in [-0.2, 0) is 23.7 Å². The quantitative estimate of drug-likeness (QED) is 0.532. The van der Waals surface area contributed by atoms with Crippen LogP contribution in [0, 0.1) is 0 Å². The first kappa shape index (κ1) is 14.2. The van der Waals surface area contributed by atoms with E-state index in [1.807, 2.05) is 0 Å². The Kier molecular flexibility index (Phi) is 5.61. The van der Waals surface area contributed by atoms with Gasteiger partial charge in [0.05, 0.1) is 6.10 Å². The van der Waals surface area contributed by atoms with E-state index in [4.69, 9.17) is 18.9 Å². The van der Waals surface area contributed by atoms with Crippen molar-refractivity contribution in [2.45, 2.75) is 31.7 Å². The van der Waals surface area contributed by atoms with Crippen molar-refractivity contribution in [2.75, 3.05) is 27.4 Å². The average Bonchev–Trinajstić information content (AvgIpc) is 2.34. The molecule has 1 fully saturated rings. The lowest BCUT2D eigenvalue weighted by Gasteiger charge is -2.35. The molecule has 1 aliphatic rings. The lowest BCUT2D eigenvalue weighted by atomic mass is 10.0. The molecule has 0 saturated carbocycles. The summed E-state index contributed by atoms with van der Waals surface area (Å²) in [6, 6.07) is 0. The van der Waals surface area contributed by atoms with Crippen LogP contribution >= 0.6 is 0 Å². The fraction of sp³-hybridized carbons (Fsp3) is 0.750. The maximum Gasteiger partial charge on any atom is 0.333 e. The van der Waals surface area contributed by atoms with Gasteiger partial charge in [0.2, 0.25) is 0 Å². The molecule has 1 saturated heterocycles. The Morgan fingerprint density at radius 3 is 2.65 bits per heavy atom. The molecule has 0 aromatic carbocycles. The minimum atomic E-state index is -0.414. The van der Waals surface area contributed by atoms with Gasteiger partial charge in [-0.15, -0.1) is 0 Å². The Balaban J connectivity index is 2.50. The number of esters is 1. The van der Waals surface area contributed by atoms with Gasteiger partial charge in [-0.05, 0) is 13.3 Å². The molecule has 1 heterocycles. The van der Waals surface area contributed by atoms with Crippen LogP contribution in [0.25, 0.3) is 0 Å². The molecule has 17 heavy (non-hydrogen) atoms. The number of carbonyl (C=O) groups excluding carboxylic acids is 1. The van der Waals surface area contributed by atoms with E-state index in [1.165, 1.54) is 0 Å². The number of ether oxygens (including phenoxy) is 4. The highest BCUT2D eigenvalue weighted by Gasteiger charge is 2.35. The van der Waals surface area contributed by atoms with Crippen molar-refractivity contribution < 1.29 is 23.7 Å². The third-order valence-electron chi connectivity index (χ3n) is 2.77. The van der Waals surface area contributed by atoms with Crippen molar-refractivity contribution in [2.24, 2.45) is 0 Å². The highest BCUT2D eigenvalue weighted by Crippen LogP contribution is 2.20. The second kappa shape index (κ2) is 6.74. The summed E-state index contributed by atoms with van der Waals surface area (Å²) >= 11 is 0. The van der Waals surface area contributed by atoms with Crippen molar-refractivity contribution in [1.82, 2.24) is 0 Å². The van der Waals surface area contributed by atoms with Gasteiger partial charge >= 0.3 is 5.97 Å². The van der Waals surface area contributed by atoms with Crippen LogP contribution in [0.3, 0.4) is 0 Å². The molecule has 3 atom stereocenters. The molecule has 0 amide bonds. The van der Waals surface area contributed by atoms with E-state index in [2.05, 4.69) is 6.58 Å². The van der Waals surface area contributed by atoms with Gasteiger partial charge < -0.3 is 18.9 Å². The van der Waals surface area contributed by atoms with Crippen molar-refractivity contribution >= 4 is 5.97 Å². The van der Waals surface area contributed by atoms with Crippen LogP contribution < -0.4 is 0 Å². The predicted octanol–water partition coefficient (Wildman–Crippen LogP) is 0.925. The number of carbonyl (C=O) groups is 1. The maximum atomic E-state index is 11.3. The summed E-state index contributed by atoms with van der Waals surface area (Å²) in [4.78, 5) is 11.3. The first-order valence-electron chi connectivity index (χ1n) is 5.60. The molecule has 0 radical (unpaired) electrons. The van der Waals surface area contributed by atoms with Crippen LogP contribution in [0.2, 0.25) is 0 Å². The molecule has 0 aromatic rings. The van der Waals surface area contributed by atoms with Gasteiger partial charge in [-0.3, -0.25) is 0 Å². The van der Waals surface area contributed by atoms with Crippen molar-refractivity contribution in [3.63, 3.8) is 0 Å². The van der Waals surface area contributed by atoms with E-state index in [0.29, 0.717) is 12.2 Å². The van der Waals surface area contributed by atoms with Crippen LogP contribution in [-0.4, -0.2) is 51.7 Å². The van der Waals surface area contributed by atoms with Gasteiger partial charge in [-0.2, -0.15) is 0 Å². The molecular weight excluding hydrogens is 224 g/mol. The van der Waals surface area contributed by atoms with Crippen LogP contribution in [0.1, 0.15) is 13.3 Å².